The van der Waals surface area contributed by atoms with Gasteiger partial charge in [-0.3, -0.25) is 4.79 Å². The van der Waals surface area contributed by atoms with Crippen LogP contribution in [0.2, 0.25) is 0 Å². The third-order valence-corrected chi connectivity index (χ3v) is 4.24. The van der Waals surface area contributed by atoms with E-state index in [0.717, 1.165) is 37.3 Å². The topological polar surface area (TPSA) is 44.4 Å². The number of carbonyl (C=O) groups excluding carboxylic acids is 1. The zero-order valence-electron chi connectivity index (χ0n) is 12.0. The number of nitrogens with zero attached hydrogens (tertiary/aromatic N) is 1. The van der Waals surface area contributed by atoms with E-state index in [1.165, 1.54) is 37.9 Å². The van der Waals surface area contributed by atoms with Gasteiger partial charge in [-0.2, -0.15) is 0 Å². The molecule has 1 fully saturated rings. The number of rotatable bonds is 4. The van der Waals surface area contributed by atoms with Crippen molar-refractivity contribution in [1.29, 1.82) is 0 Å². The lowest BCUT2D eigenvalue weighted by Gasteiger charge is -2.26. The fourth-order valence-corrected chi connectivity index (χ4v) is 3.04. The Hall–Kier alpha value is -1.55. The molecule has 1 amide bonds. The second kappa shape index (κ2) is 6.27. The van der Waals surface area contributed by atoms with Crippen molar-refractivity contribution in [3.8, 4) is 0 Å². The Morgan fingerprint density at radius 3 is 2.95 bits per heavy atom. The first-order valence-electron chi connectivity index (χ1n) is 7.70. The molecule has 3 rings (SSSR count). The van der Waals surface area contributed by atoms with Crippen LogP contribution in [0.1, 0.15) is 35.2 Å². The predicted molar refractivity (Wildman–Crippen MR) is 81.3 cm³/mol. The van der Waals surface area contributed by atoms with Gasteiger partial charge in [-0.1, -0.05) is 12.5 Å². The summed E-state index contributed by atoms with van der Waals surface area (Å²) in [5.74, 6) is 0.0403. The number of amides is 1. The highest BCUT2D eigenvalue weighted by atomic mass is 16.1. The molecule has 4 nitrogen and oxygen atoms in total. The van der Waals surface area contributed by atoms with Crippen LogP contribution >= 0.6 is 0 Å². The molecule has 108 valence electrons. The molecule has 2 aliphatic heterocycles. The molecular formula is C16H23N3O. The van der Waals surface area contributed by atoms with Gasteiger partial charge in [0.05, 0.1) is 0 Å². The molecule has 0 spiro atoms. The van der Waals surface area contributed by atoms with E-state index in [1.54, 1.807) is 0 Å². The SMILES string of the molecule is O=C(NCCN1CCCCC1)c1ccc2c(c1)NCC2. The fourth-order valence-electron chi connectivity index (χ4n) is 3.04. The highest BCUT2D eigenvalue weighted by Crippen LogP contribution is 2.23. The maximum absolute atomic E-state index is 12.1. The number of carbonyl (C=O) groups is 1. The Morgan fingerprint density at radius 2 is 2.10 bits per heavy atom. The Balaban J connectivity index is 1.49. The van der Waals surface area contributed by atoms with Crippen molar-refractivity contribution in [2.75, 3.05) is 38.0 Å². The number of hydrogen-bond acceptors (Lipinski definition) is 3. The zero-order chi connectivity index (χ0) is 13.8. The van der Waals surface area contributed by atoms with Crippen molar-refractivity contribution in [2.45, 2.75) is 25.7 Å². The van der Waals surface area contributed by atoms with Crippen molar-refractivity contribution < 1.29 is 4.79 Å². The Bertz CT molecular complexity index is 481. The van der Waals surface area contributed by atoms with Crippen LogP contribution < -0.4 is 10.6 Å². The maximum Gasteiger partial charge on any atom is 0.251 e. The number of benzene rings is 1. The first kappa shape index (κ1) is 13.4. The smallest absolute Gasteiger partial charge is 0.251 e. The van der Waals surface area contributed by atoms with Crippen molar-refractivity contribution in [2.24, 2.45) is 0 Å². The summed E-state index contributed by atoms with van der Waals surface area (Å²) < 4.78 is 0. The first-order valence-corrected chi connectivity index (χ1v) is 7.70. The zero-order valence-corrected chi connectivity index (χ0v) is 12.0. The van der Waals surface area contributed by atoms with Crippen molar-refractivity contribution in [1.82, 2.24) is 10.2 Å². The number of hydrogen-bond donors (Lipinski definition) is 2. The lowest BCUT2D eigenvalue weighted by molar-refractivity contribution is 0.0946. The van der Waals surface area contributed by atoms with Gasteiger partial charge in [-0.15, -0.1) is 0 Å². The van der Waals surface area contributed by atoms with Gasteiger partial charge in [0.2, 0.25) is 0 Å². The fraction of sp³-hybridized carbons (Fsp3) is 0.562. The minimum absolute atomic E-state index is 0.0403. The molecular weight excluding hydrogens is 250 g/mol. The van der Waals surface area contributed by atoms with Crippen LogP contribution in [0.4, 0.5) is 5.69 Å². The van der Waals surface area contributed by atoms with Gasteiger partial charge < -0.3 is 15.5 Å². The lowest BCUT2D eigenvalue weighted by Crippen LogP contribution is -2.37. The summed E-state index contributed by atoms with van der Waals surface area (Å²) in [4.78, 5) is 14.6. The predicted octanol–water partition coefficient (Wildman–Crippen LogP) is 1.87. The molecule has 0 unspecified atom stereocenters. The first-order chi connectivity index (χ1) is 9.83. The molecule has 2 aliphatic rings. The van der Waals surface area contributed by atoms with E-state index >= 15 is 0 Å². The standard InChI is InChI=1S/C16H23N3O/c20-16(18-8-11-19-9-2-1-3-10-19)14-5-4-13-6-7-17-15(13)12-14/h4-5,12,17H,1-3,6-11H2,(H,18,20). The lowest BCUT2D eigenvalue weighted by atomic mass is 10.1. The minimum Gasteiger partial charge on any atom is -0.384 e. The summed E-state index contributed by atoms with van der Waals surface area (Å²) in [6, 6.07) is 5.97. The van der Waals surface area contributed by atoms with Gasteiger partial charge in [0, 0.05) is 30.9 Å². The quantitative estimate of drug-likeness (QED) is 0.880. The monoisotopic (exact) mass is 273 g/mol. The molecule has 0 atom stereocenters. The summed E-state index contributed by atoms with van der Waals surface area (Å²) in [7, 11) is 0. The Kier molecular flexibility index (Phi) is 4.21. The molecule has 0 bridgehead atoms. The molecule has 1 aromatic carbocycles. The van der Waals surface area contributed by atoms with Crippen LogP contribution in [0.3, 0.4) is 0 Å². The van der Waals surface area contributed by atoms with E-state index in [1.807, 2.05) is 12.1 Å². The second-order valence-electron chi connectivity index (χ2n) is 5.71. The maximum atomic E-state index is 12.1. The van der Waals surface area contributed by atoms with Crippen molar-refractivity contribution in [3.05, 3.63) is 29.3 Å². The number of fused-ring (bicyclic) bond motifs is 1. The molecule has 4 heteroatoms. The third kappa shape index (κ3) is 3.12. The number of piperidine rings is 1. The average Bonchev–Trinajstić information content (AvgIpc) is 2.95. The van der Waals surface area contributed by atoms with Gasteiger partial charge >= 0.3 is 0 Å². The number of likely N-dealkylation sites (tertiary alicyclic amines) is 1. The van der Waals surface area contributed by atoms with E-state index in [4.69, 9.17) is 0 Å². The second-order valence-corrected chi connectivity index (χ2v) is 5.71. The van der Waals surface area contributed by atoms with Crippen molar-refractivity contribution >= 4 is 11.6 Å². The molecule has 1 saturated heterocycles. The Labute approximate surface area is 120 Å². The summed E-state index contributed by atoms with van der Waals surface area (Å²) in [5, 5.41) is 6.34. The van der Waals surface area contributed by atoms with E-state index in [9.17, 15) is 4.79 Å². The highest BCUT2D eigenvalue weighted by molar-refractivity contribution is 5.95. The van der Waals surface area contributed by atoms with Crippen LogP contribution in [-0.2, 0) is 6.42 Å². The van der Waals surface area contributed by atoms with Crippen LogP contribution in [0, 0.1) is 0 Å². The average molecular weight is 273 g/mol. The van der Waals surface area contributed by atoms with Gasteiger partial charge in [0.25, 0.3) is 5.91 Å². The number of nitrogens with one attached hydrogen (secondary N) is 2. The summed E-state index contributed by atoms with van der Waals surface area (Å²) in [6.07, 6.45) is 5.01. The largest absolute Gasteiger partial charge is 0.384 e. The van der Waals surface area contributed by atoms with E-state index in [2.05, 4.69) is 21.6 Å². The van der Waals surface area contributed by atoms with Gasteiger partial charge in [-0.05, 0) is 50.0 Å². The van der Waals surface area contributed by atoms with E-state index in [0.29, 0.717) is 0 Å². The summed E-state index contributed by atoms with van der Waals surface area (Å²) >= 11 is 0. The normalized spacial score (nSPS) is 18.4. The third-order valence-electron chi connectivity index (χ3n) is 4.24. The molecule has 0 aromatic heterocycles. The van der Waals surface area contributed by atoms with E-state index < -0.39 is 0 Å². The van der Waals surface area contributed by atoms with Crippen LogP contribution in [0.25, 0.3) is 0 Å². The molecule has 2 N–H and O–H groups in total. The molecule has 0 saturated carbocycles. The molecule has 20 heavy (non-hydrogen) atoms. The molecule has 1 aromatic rings. The van der Waals surface area contributed by atoms with Gasteiger partial charge in [0.1, 0.15) is 0 Å². The molecule has 2 heterocycles. The van der Waals surface area contributed by atoms with Crippen LogP contribution in [-0.4, -0.2) is 43.5 Å². The van der Waals surface area contributed by atoms with Crippen LogP contribution in [0.15, 0.2) is 18.2 Å². The van der Waals surface area contributed by atoms with Gasteiger partial charge in [0.15, 0.2) is 0 Å². The van der Waals surface area contributed by atoms with Gasteiger partial charge in [-0.25, -0.2) is 0 Å². The number of anilines is 1. The minimum atomic E-state index is 0.0403. The highest BCUT2D eigenvalue weighted by Gasteiger charge is 2.14. The molecule has 0 aliphatic carbocycles. The summed E-state index contributed by atoms with van der Waals surface area (Å²) in [5.41, 5.74) is 3.19. The molecule has 0 radical (unpaired) electrons. The Morgan fingerprint density at radius 1 is 1.25 bits per heavy atom. The van der Waals surface area contributed by atoms with Crippen LogP contribution in [0.5, 0.6) is 0 Å². The van der Waals surface area contributed by atoms with E-state index in [-0.39, 0.29) is 5.91 Å². The van der Waals surface area contributed by atoms with Crippen molar-refractivity contribution in [3.63, 3.8) is 0 Å². The summed E-state index contributed by atoms with van der Waals surface area (Å²) in [6.45, 7) is 5.05.